The maximum absolute atomic E-state index is 13.6. The average Bonchev–Trinajstić information content (AvgIpc) is 2.86. The van der Waals surface area contributed by atoms with E-state index in [1.165, 1.54) is 13.1 Å². The first-order valence-electron chi connectivity index (χ1n) is 11.1. The minimum Gasteiger partial charge on any atom is -0.367 e. The van der Waals surface area contributed by atoms with Crippen LogP contribution >= 0.6 is 0 Å². The summed E-state index contributed by atoms with van der Waals surface area (Å²) in [6.07, 6.45) is 0.286. The molecule has 0 aliphatic carbocycles. The highest BCUT2D eigenvalue weighted by atomic mass is 19.3. The van der Waals surface area contributed by atoms with Gasteiger partial charge < -0.3 is 15.2 Å². The van der Waals surface area contributed by atoms with Gasteiger partial charge in [0, 0.05) is 51.5 Å². The summed E-state index contributed by atoms with van der Waals surface area (Å²) in [6, 6.07) is 4.74. The highest BCUT2D eigenvalue weighted by Gasteiger charge is 2.24. The monoisotopic (exact) mass is 473 g/mol. The van der Waals surface area contributed by atoms with Gasteiger partial charge in [0.2, 0.25) is 0 Å². The van der Waals surface area contributed by atoms with Gasteiger partial charge in [-0.3, -0.25) is 19.5 Å². The molecule has 1 aliphatic rings. The number of hydrogen-bond acceptors (Lipinski definition) is 7. The lowest BCUT2D eigenvalue weighted by molar-refractivity contribution is 0.0956. The van der Waals surface area contributed by atoms with Crippen molar-refractivity contribution in [1.82, 2.24) is 20.2 Å². The number of hydrogen-bond donors (Lipinski definition) is 2. The van der Waals surface area contributed by atoms with Crippen LogP contribution in [0.2, 0.25) is 0 Å². The molecular formula is C23H29F2N7O2. The topological polar surface area (TPSA) is 106 Å². The lowest BCUT2D eigenvalue weighted by atomic mass is 10.2. The largest absolute Gasteiger partial charge is 0.367 e. The lowest BCUT2D eigenvalue weighted by Gasteiger charge is -2.36. The summed E-state index contributed by atoms with van der Waals surface area (Å²) in [4.78, 5) is 42.6. The Bertz CT molecular complexity index is 1110. The first-order valence-corrected chi connectivity index (χ1v) is 11.1. The Labute approximate surface area is 196 Å². The third-order valence-corrected chi connectivity index (χ3v) is 5.70. The standard InChI is InChI=1S/C23H29F2N7O2/c1-4-15-14-17(21(26-2)30-22(15)33)28-8-5-9-31-10-12-32(13-11-31)18-7-6-16(23(34)27-3)29-19(18)20(24)25/h6-8,14,20H,2,4-5,9-13H2,1,3H3,(H,27,34)(H,30,33)/b28-8-. The van der Waals surface area contributed by atoms with Crippen LogP contribution < -0.4 is 15.8 Å². The van der Waals surface area contributed by atoms with Crippen LogP contribution in [0, 0.1) is 0 Å². The molecule has 0 saturated carbocycles. The van der Waals surface area contributed by atoms with Gasteiger partial charge >= 0.3 is 0 Å². The van der Waals surface area contributed by atoms with E-state index < -0.39 is 12.3 Å². The number of halogens is 2. The van der Waals surface area contributed by atoms with E-state index in [4.69, 9.17) is 0 Å². The maximum Gasteiger partial charge on any atom is 0.282 e. The number of aryl methyl sites for hydroxylation is 1. The summed E-state index contributed by atoms with van der Waals surface area (Å²) >= 11 is 0. The number of rotatable bonds is 9. The summed E-state index contributed by atoms with van der Waals surface area (Å²) in [5.74, 6) is -0.151. The van der Waals surface area contributed by atoms with Crippen molar-refractivity contribution < 1.29 is 13.6 Å². The normalized spacial score (nSPS) is 14.7. The number of alkyl halides is 2. The number of aromatic amines is 1. The van der Waals surface area contributed by atoms with Gasteiger partial charge in [0.15, 0.2) is 5.82 Å². The molecular weight excluding hydrogens is 444 g/mol. The van der Waals surface area contributed by atoms with Crippen molar-refractivity contribution >= 4 is 36.0 Å². The van der Waals surface area contributed by atoms with Crippen LogP contribution in [0.15, 0.2) is 33.0 Å². The lowest BCUT2D eigenvalue weighted by Crippen LogP contribution is -2.47. The van der Waals surface area contributed by atoms with Gasteiger partial charge in [0.05, 0.1) is 5.69 Å². The van der Waals surface area contributed by atoms with E-state index in [1.54, 1.807) is 18.3 Å². The number of anilines is 1. The Morgan fingerprint density at radius 2 is 2.06 bits per heavy atom. The second-order valence-corrected chi connectivity index (χ2v) is 7.78. The highest BCUT2D eigenvalue weighted by Crippen LogP contribution is 2.29. The number of H-pyrrole nitrogens is 1. The van der Waals surface area contributed by atoms with E-state index in [0.29, 0.717) is 61.8 Å². The SMILES string of the molecule is C=Nc1[nH]c(=O)c(CC)cc1/N=C\CCN1CCN(c2ccc(C(=O)NC)nc2C(F)F)CC1. The first kappa shape index (κ1) is 25.2. The summed E-state index contributed by atoms with van der Waals surface area (Å²) in [6.45, 7) is 8.68. The van der Waals surface area contributed by atoms with Crippen molar-refractivity contribution in [2.75, 3.05) is 44.7 Å². The number of nitrogens with one attached hydrogen (secondary N) is 2. The Morgan fingerprint density at radius 1 is 1.32 bits per heavy atom. The summed E-state index contributed by atoms with van der Waals surface area (Å²) < 4.78 is 27.2. The molecule has 9 nitrogen and oxygen atoms in total. The molecule has 2 aromatic heterocycles. The van der Waals surface area contributed by atoms with Gasteiger partial charge in [-0.2, -0.15) is 0 Å². The molecule has 0 aromatic carbocycles. The minimum atomic E-state index is -2.77. The number of aromatic nitrogens is 2. The average molecular weight is 474 g/mol. The summed E-state index contributed by atoms with van der Waals surface area (Å²) in [5, 5.41) is 2.40. The third kappa shape index (κ3) is 5.90. The van der Waals surface area contributed by atoms with Crippen LogP contribution in [-0.4, -0.2) is 73.5 Å². The quantitative estimate of drug-likeness (QED) is 0.545. The van der Waals surface area contributed by atoms with Crippen molar-refractivity contribution in [1.29, 1.82) is 0 Å². The van der Waals surface area contributed by atoms with Crippen molar-refractivity contribution in [3.05, 3.63) is 45.5 Å². The van der Waals surface area contributed by atoms with Crippen LogP contribution in [-0.2, 0) is 6.42 Å². The first-order chi connectivity index (χ1) is 16.4. The zero-order valence-electron chi connectivity index (χ0n) is 19.4. The second-order valence-electron chi connectivity index (χ2n) is 7.78. The molecule has 3 rings (SSSR count). The fourth-order valence-corrected chi connectivity index (χ4v) is 3.80. The van der Waals surface area contributed by atoms with Gasteiger partial charge in [-0.25, -0.2) is 18.8 Å². The summed E-state index contributed by atoms with van der Waals surface area (Å²) in [7, 11) is 1.43. The molecule has 11 heteroatoms. The highest BCUT2D eigenvalue weighted by molar-refractivity contribution is 5.92. The zero-order chi connectivity index (χ0) is 24.7. The number of piperazine rings is 1. The Morgan fingerprint density at radius 3 is 2.68 bits per heavy atom. The summed E-state index contributed by atoms with van der Waals surface area (Å²) in [5.41, 5.74) is 0.983. The molecule has 1 aliphatic heterocycles. The van der Waals surface area contributed by atoms with E-state index in [9.17, 15) is 18.4 Å². The zero-order valence-corrected chi connectivity index (χ0v) is 19.4. The smallest absolute Gasteiger partial charge is 0.282 e. The van der Waals surface area contributed by atoms with E-state index in [-0.39, 0.29) is 16.9 Å². The molecule has 0 bridgehead atoms. The number of amides is 1. The predicted octanol–water partition coefficient (Wildman–Crippen LogP) is 2.88. The molecule has 1 fully saturated rings. The van der Waals surface area contributed by atoms with E-state index in [2.05, 4.69) is 36.9 Å². The van der Waals surface area contributed by atoms with Gasteiger partial charge in [0.25, 0.3) is 17.9 Å². The predicted molar refractivity (Wildman–Crippen MR) is 130 cm³/mol. The molecule has 1 saturated heterocycles. The maximum atomic E-state index is 13.6. The minimum absolute atomic E-state index is 0.0252. The molecule has 3 heterocycles. The molecule has 0 spiro atoms. The fraction of sp³-hybridized carbons (Fsp3) is 0.435. The molecule has 1 amide bonds. The van der Waals surface area contributed by atoms with Crippen LogP contribution in [0.3, 0.4) is 0 Å². The molecule has 182 valence electrons. The van der Waals surface area contributed by atoms with Crippen LogP contribution in [0.25, 0.3) is 0 Å². The third-order valence-electron chi connectivity index (χ3n) is 5.70. The Balaban J connectivity index is 1.58. The number of carbonyl (C=O) groups is 1. The van der Waals surface area contributed by atoms with Gasteiger partial charge in [-0.05, 0) is 37.8 Å². The molecule has 2 N–H and O–H groups in total. The van der Waals surface area contributed by atoms with Gasteiger partial charge in [0.1, 0.15) is 17.1 Å². The number of pyridine rings is 2. The Kier molecular flexibility index (Phi) is 8.58. The molecule has 34 heavy (non-hydrogen) atoms. The number of carbonyl (C=O) groups excluding carboxylic acids is 1. The van der Waals surface area contributed by atoms with E-state index in [1.807, 2.05) is 11.8 Å². The van der Waals surface area contributed by atoms with E-state index in [0.717, 1.165) is 6.54 Å². The second kappa shape index (κ2) is 11.6. The van der Waals surface area contributed by atoms with Crippen molar-refractivity contribution in [2.45, 2.75) is 26.2 Å². The molecule has 0 unspecified atom stereocenters. The van der Waals surface area contributed by atoms with Crippen LogP contribution in [0.1, 0.15) is 41.5 Å². The molecule has 2 aromatic rings. The number of nitrogens with zero attached hydrogens (tertiary/aromatic N) is 5. The van der Waals surface area contributed by atoms with Crippen LogP contribution in [0.5, 0.6) is 0 Å². The fourth-order valence-electron chi connectivity index (χ4n) is 3.80. The van der Waals surface area contributed by atoms with E-state index >= 15 is 0 Å². The number of aliphatic imine (C=N–C) groups is 2. The van der Waals surface area contributed by atoms with Gasteiger partial charge in [-0.1, -0.05) is 6.92 Å². The van der Waals surface area contributed by atoms with Crippen LogP contribution in [0.4, 0.5) is 26.0 Å². The van der Waals surface area contributed by atoms with Gasteiger partial charge in [-0.15, -0.1) is 0 Å². The molecule has 0 atom stereocenters. The van der Waals surface area contributed by atoms with Crippen molar-refractivity contribution in [2.24, 2.45) is 9.98 Å². The molecule has 0 radical (unpaired) electrons. The Hall–Kier alpha value is -3.47. The van der Waals surface area contributed by atoms with Crippen molar-refractivity contribution in [3.8, 4) is 0 Å². The van der Waals surface area contributed by atoms with Crippen molar-refractivity contribution in [3.63, 3.8) is 0 Å².